The zero-order valence-electron chi connectivity index (χ0n) is 21.5. The van der Waals surface area contributed by atoms with Crippen molar-refractivity contribution >= 4 is 16.9 Å². The van der Waals surface area contributed by atoms with Crippen molar-refractivity contribution in [1.82, 2.24) is 25.0 Å². The molecule has 1 N–H and O–H groups in total. The van der Waals surface area contributed by atoms with Crippen LogP contribution in [0, 0.1) is 12.7 Å². The summed E-state index contributed by atoms with van der Waals surface area (Å²) in [5, 5.41) is 8.75. The number of fused-ring (bicyclic) bond motifs is 1. The zero-order chi connectivity index (χ0) is 25.7. The van der Waals surface area contributed by atoms with Crippen molar-refractivity contribution in [2.45, 2.75) is 46.6 Å². The lowest BCUT2D eigenvalue weighted by atomic mass is 10.0. The molecule has 0 aliphatic carbocycles. The normalized spacial score (nSPS) is 12.3. The van der Waals surface area contributed by atoms with E-state index in [2.05, 4.69) is 24.1 Å². The maximum absolute atomic E-state index is 14.1. The van der Waals surface area contributed by atoms with Crippen molar-refractivity contribution in [2.24, 2.45) is 0 Å². The van der Waals surface area contributed by atoms with Crippen molar-refractivity contribution < 1.29 is 9.18 Å². The van der Waals surface area contributed by atoms with Crippen LogP contribution in [-0.2, 0) is 0 Å². The minimum Gasteiger partial charge on any atom is -0.348 e. The molecule has 2 aromatic carbocycles. The number of nitrogens with zero attached hydrogens (tertiary/aromatic N) is 4. The number of hydrogen-bond acceptors (Lipinski definition) is 4. The van der Waals surface area contributed by atoms with Gasteiger partial charge in [0, 0.05) is 11.6 Å². The fourth-order valence-corrected chi connectivity index (χ4v) is 4.53. The third-order valence-electron chi connectivity index (χ3n) is 6.55. The first-order chi connectivity index (χ1) is 17.4. The van der Waals surface area contributed by atoms with Gasteiger partial charge in [0.1, 0.15) is 17.2 Å². The Kier molecular flexibility index (Phi) is 8.10. The molecule has 188 valence electrons. The SMILES string of the molecule is CCN(CC)CCC[C@H](C)NC(=O)c1cc(C)c2c(-c3ccccc3)nn(-c3cccc(F)c3)c2n1. The highest BCUT2D eigenvalue weighted by molar-refractivity contribution is 5.99. The van der Waals surface area contributed by atoms with Crippen LogP contribution in [-0.4, -0.2) is 51.2 Å². The summed E-state index contributed by atoms with van der Waals surface area (Å²) in [5.74, 6) is -0.579. The molecule has 0 aliphatic rings. The molecule has 0 radical (unpaired) electrons. The Bertz CT molecular complexity index is 1330. The van der Waals surface area contributed by atoms with Crippen LogP contribution in [0.15, 0.2) is 60.7 Å². The lowest BCUT2D eigenvalue weighted by Crippen LogP contribution is -2.34. The predicted molar refractivity (Wildman–Crippen MR) is 143 cm³/mol. The third kappa shape index (κ3) is 5.62. The topological polar surface area (TPSA) is 63.1 Å². The molecule has 0 saturated heterocycles. The summed E-state index contributed by atoms with van der Waals surface area (Å²) < 4.78 is 15.7. The Balaban J connectivity index is 1.67. The summed E-state index contributed by atoms with van der Waals surface area (Å²) in [5.41, 5.74) is 3.97. The van der Waals surface area contributed by atoms with E-state index in [1.807, 2.05) is 50.2 Å². The number of pyridine rings is 1. The number of aryl methyl sites for hydroxylation is 1. The Morgan fingerprint density at radius 2 is 1.83 bits per heavy atom. The van der Waals surface area contributed by atoms with Gasteiger partial charge >= 0.3 is 0 Å². The van der Waals surface area contributed by atoms with E-state index in [1.165, 1.54) is 12.1 Å². The van der Waals surface area contributed by atoms with Crippen LogP contribution in [0.1, 0.15) is 49.7 Å². The molecule has 0 fully saturated rings. The van der Waals surface area contributed by atoms with Crippen LogP contribution < -0.4 is 5.32 Å². The van der Waals surface area contributed by atoms with E-state index < -0.39 is 0 Å². The van der Waals surface area contributed by atoms with Gasteiger partial charge in [-0.3, -0.25) is 4.79 Å². The number of nitrogens with one attached hydrogen (secondary N) is 1. The second kappa shape index (κ2) is 11.4. The summed E-state index contributed by atoms with van der Waals surface area (Å²) in [6.07, 6.45) is 1.91. The molecule has 6 nitrogen and oxygen atoms in total. The summed E-state index contributed by atoms with van der Waals surface area (Å²) in [4.78, 5) is 20.3. The smallest absolute Gasteiger partial charge is 0.270 e. The molecule has 0 saturated carbocycles. The number of benzene rings is 2. The van der Waals surface area contributed by atoms with Gasteiger partial charge in [0.25, 0.3) is 5.91 Å². The average molecular weight is 488 g/mol. The van der Waals surface area contributed by atoms with Crippen molar-refractivity contribution in [1.29, 1.82) is 0 Å². The van der Waals surface area contributed by atoms with Crippen LogP contribution in [0.5, 0.6) is 0 Å². The Hall–Kier alpha value is -3.58. The third-order valence-corrected chi connectivity index (χ3v) is 6.55. The second-order valence-electron chi connectivity index (χ2n) is 9.17. The van der Waals surface area contributed by atoms with E-state index in [0.717, 1.165) is 54.7 Å². The number of carbonyl (C=O) groups excluding carboxylic acids is 1. The highest BCUT2D eigenvalue weighted by Crippen LogP contribution is 2.31. The standard InChI is InChI=1S/C29H34FN5O/c1-5-34(6-2)17-11-12-21(4)31-29(36)25-18-20(3)26-27(22-13-8-7-9-14-22)33-35(28(26)32-25)24-16-10-15-23(30)19-24/h7-10,13-16,18-19,21H,5-6,11-12,17H2,1-4H3,(H,31,36)/t21-/m0/s1. The van der Waals surface area contributed by atoms with Gasteiger partial charge in [0.05, 0.1) is 11.1 Å². The van der Waals surface area contributed by atoms with Crippen molar-refractivity contribution in [2.75, 3.05) is 19.6 Å². The molecule has 36 heavy (non-hydrogen) atoms. The first kappa shape index (κ1) is 25.5. The summed E-state index contributed by atoms with van der Waals surface area (Å²) in [6.45, 7) is 11.4. The number of hydrogen-bond donors (Lipinski definition) is 1. The van der Waals surface area contributed by atoms with Crippen molar-refractivity contribution in [3.05, 3.63) is 77.7 Å². The Morgan fingerprint density at radius 3 is 2.53 bits per heavy atom. The Labute approximate surface area is 212 Å². The molecular weight excluding hydrogens is 453 g/mol. The monoisotopic (exact) mass is 487 g/mol. The van der Waals surface area contributed by atoms with E-state index >= 15 is 0 Å². The van der Waals surface area contributed by atoms with Crippen LogP contribution in [0.3, 0.4) is 0 Å². The molecule has 0 unspecified atom stereocenters. The van der Waals surface area contributed by atoms with Crippen LogP contribution in [0.4, 0.5) is 4.39 Å². The molecule has 0 spiro atoms. The number of halogens is 1. The highest BCUT2D eigenvalue weighted by atomic mass is 19.1. The van der Waals surface area contributed by atoms with Gasteiger partial charge in [-0.1, -0.05) is 50.2 Å². The fraction of sp³-hybridized carbons (Fsp3) is 0.345. The molecule has 4 aromatic rings. The maximum Gasteiger partial charge on any atom is 0.270 e. The van der Waals surface area contributed by atoms with Gasteiger partial charge in [0.15, 0.2) is 5.65 Å². The minimum atomic E-state index is -0.360. The van der Waals surface area contributed by atoms with Gasteiger partial charge in [-0.15, -0.1) is 0 Å². The molecule has 0 aliphatic heterocycles. The van der Waals surface area contributed by atoms with Gasteiger partial charge in [0.2, 0.25) is 0 Å². The number of carbonyl (C=O) groups is 1. The minimum absolute atomic E-state index is 0.0267. The maximum atomic E-state index is 14.1. The van der Waals surface area contributed by atoms with Crippen molar-refractivity contribution in [3.63, 3.8) is 0 Å². The fourth-order valence-electron chi connectivity index (χ4n) is 4.53. The number of aromatic nitrogens is 3. The van der Waals surface area contributed by atoms with Gasteiger partial charge < -0.3 is 10.2 Å². The van der Waals surface area contributed by atoms with Crippen LogP contribution in [0.2, 0.25) is 0 Å². The summed E-state index contributed by atoms with van der Waals surface area (Å²) >= 11 is 0. The quantitative estimate of drug-likeness (QED) is 0.308. The van der Waals surface area contributed by atoms with Gasteiger partial charge in [-0.2, -0.15) is 5.10 Å². The van der Waals surface area contributed by atoms with E-state index in [1.54, 1.807) is 16.8 Å². The van der Waals surface area contributed by atoms with E-state index in [9.17, 15) is 9.18 Å². The lowest BCUT2D eigenvalue weighted by Gasteiger charge is -2.19. The molecule has 0 bridgehead atoms. The van der Waals surface area contributed by atoms with E-state index in [-0.39, 0.29) is 17.8 Å². The van der Waals surface area contributed by atoms with E-state index in [0.29, 0.717) is 17.0 Å². The molecule has 2 heterocycles. The largest absolute Gasteiger partial charge is 0.348 e. The molecule has 7 heteroatoms. The van der Waals surface area contributed by atoms with Crippen LogP contribution >= 0.6 is 0 Å². The first-order valence-corrected chi connectivity index (χ1v) is 12.7. The molecule has 4 rings (SSSR count). The second-order valence-corrected chi connectivity index (χ2v) is 9.17. The summed E-state index contributed by atoms with van der Waals surface area (Å²) in [6, 6.07) is 17.9. The highest BCUT2D eigenvalue weighted by Gasteiger charge is 2.21. The van der Waals surface area contributed by atoms with Gasteiger partial charge in [-0.25, -0.2) is 14.1 Å². The predicted octanol–water partition coefficient (Wildman–Crippen LogP) is 5.78. The van der Waals surface area contributed by atoms with Gasteiger partial charge in [-0.05, 0) is 76.2 Å². The first-order valence-electron chi connectivity index (χ1n) is 12.7. The van der Waals surface area contributed by atoms with E-state index in [4.69, 9.17) is 10.1 Å². The number of rotatable bonds is 10. The molecule has 1 amide bonds. The average Bonchev–Trinajstić information content (AvgIpc) is 3.27. The Morgan fingerprint density at radius 1 is 1.08 bits per heavy atom. The van der Waals surface area contributed by atoms with Crippen molar-refractivity contribution in [3.8, 4) is 16.9 Å². The summed E-state index contributed by atoms with van der Waals surface area (Å²) in [7, 11) is 0. The molecule has 2 aromatic heterocycles. The van der Waals surface area contributed by atoms with Crippen LogP contribution in [0.25, 0.3) is 28.0 Å². The molecular formula is C29H34FN5O. The lowest BCUT2D eigenvalue weighted by molar-refractivity contribution is 0.0932. The molecule has 1 atom stereocenters. The number of amides is 1. The zero-order valence-corrected chi connectivity index (χ0v) is 21.5.